The molecule has 0 aliphatic carbocycles. The van der Waals surface area contributed by atoms with Crippen molar-refractivity contribution >= 4 is 10.0 Å². The van der Waals surface area contributed by atoms with Crippen LogP contribution >= 0.6 is 0 Å². The van der Waals surface area contributed by atoms with Gasteiger partial charge >= 0.3 is 10.0 Å². The van der Waals surface area contributed by atoms with Gasteiger partial charge in [-0.25, -0.2) is 0 Å². The first-order valence-corrected chi connectivity index (χ1v) is 4.94. The third-order valence-corrected chi connectivity index (χ3v) is 2.65. The van der Waals surface area contributed by atoms with Gasteiger partial charge in [0.25, 0.3) is 0 Å². The fourth-order valence-corrected chi connectivity index (χ4v) is 1.52. The van der Waals surface area contributed by atoms with Gasteiger partial charge in [-0.15, -0.1) is 0 Å². The molecule has 6 heteroatoms. The predicted molar refractivity (Wildman–Crippen MR) is 47.4 cm³/mol. The number of sulfonamides is 1. The lowest BCUT2D eigenvalue weighted by atomic mass is 10.2. The third kappa shape index (κ3) is 2.25. The fourth-order valence-electron chi connectivity index (χ4n) is 0.819. The SMILES string of the molecule is Cc1ccc(S(=O)(=O)N=NN)cc1. The number of hydrogen-bond acceptors (Lipinski definition) is 3. The highest BCUT2D eigenvalue weighted by Crippen LogP contribution is 2.12. The second kappa shape index (κ2) is 3.53. The first-order chi connectivity index (χ1) is 6.06. The van der Waals surface area contributed by atoms with Crippen molar-refractivity contribution in [1.82, 2.24) is 0 Å². The molecule has 0 amide bonds. The average molecular weight is 199 g/mol. The summed E-state index contributed by atoms with van der Waals surface area (Å²) in [6.07, 6.45) is 0. The number of nitrogens with zero attached hydrogens (tertiary/aromatic N) is 2. The second-order valence-electron chi connectivity index (χ2n) is 2.49. The minimum atomic E-state index is -3.69. The summed E-state index contributed by atoms with van der Waals surface area (Å²) in [6, 6.07) is 6.27. The Bertz CT molecular complexity index is 408. The van der Waals surface area contributed by atoms with E-state index in [1.165, 1.54) is 12.1 Å². The molecule has 0 atom stereocenters. The van der Waals surface area contributed by atoms with E-state index in [2.05, 4.69) is 15.6 Å². The van der Waals surface area contributed by atoms with Crippen molar-refractivity contribution in [2.45, 2.75) is 11.8 Å². The van der Waals surface area contributed by atoms with Gasteiger partial charge in [0.05, 0.1) is 4.90 Å². The van der Waals surface area contributed by atoms with Gasteiger partial charge in [-0.1, -0.05) is 22.9 Å². The molecule has 70 valence electrons. The van der Waals surface area contributed by atoms with Crippen molar-refractivity contribution in [2.75, 3.05) is 0 Å². The average Bonchev–Trinajstić information content (AvgIpc) is 2.05. The van der Waals surface area contributed by atoms with Crippen molar-refractivity contribution in [2.24, 2.45) is 15.6 Å². The second-order valence-corrected chi connectivity index (χ2v) is 4.07. The molecule has 5 nitrogen and oxygen atoms in total. The van der Waals surface area contributed by atoms with Crippen LogP contribution in [0.2, 0.25) is 0 Å². The van der Waals surface area contributed by atoms with E-state index in [1.54, 1.807) is 12.1 Å². The quantitative estimate of drug-likeness (QED) is 0.438. The minimum Gasteiger partial charge on any atom is -0.304 e. The van der Waals surface area contributed by atoms with Crippen LogP contribution < -0.4 is 5.84 Å². The Balaban J connectivity index is 3.17. The molecular weight excluding hydrogens is 190 g/mol. The molecule has 1 rings (SSSR count). The first-order valence-electron chi connectivity index (χ1n) is 3.50. The number of rotatable bonds is 2. The maximum absolute atomic E-state index is 11.2. The smallest absolute Gasteiger partial charge is 0.301 e. The van der Waals surface area contributed by atoms with E-state index >= 15 is 0 Å². The van der Waals surface area contributed by atoms with Crippen LogP contribution in [-0.2, 0) is 10.0 Å². The standard InChI is InChI=1S/C7H9N3O2S/c1-6-2-4-7(5-3-6)13(11,12)10-9-8/h2-5H,1H3,(H2,8,10). The molecule has 0 aliphatic heterocycles. The molecule has 0 aliphatic rings. The molecule has 0 spiro atoms. The zero-order valence-electron chi connectivity index (χ0n) is 7.01. The van der Waals surface area contributed by atoms with Gasteiger partial charge in [-0.05, 0) is 23.6 Å². The molecule has 0 bridgehead atoms. The normalized spacial score (nSPS) is 12.1. The monoisotopic (exact) mass is 199 g/mol. The summed E-state index contributed by atoms with van der Waals surface area (Å²) in [4.78, 5) is 0.0901. The largest absolute Gasteiger partial charge is 0.304 e. The molecule has 0 fully saturated rings. The van der Waals surface area contributed by atoms with E-state index in [0.29, 0.717) is 0 Å². The molecule has 0 saturated heterocycles. The summed E-state index contributed by atoms with van der Waals surface area (Å²) in [5.41, 5.74) is 0.976. The van der Waals surface area contributed by atoms with Crippen LogP contribution in [0, 0.1) is 6.92 Å². The number of hydrogen-bond donors (Lipinski definition) is 1. The van der Waals surface area contributed by atoms with Crippen molar-refractivity contribution in [1.29, 1.82) is 0 Å². The molecule has 0 aromatic heterocycles. The topological polar surface area (TPSA) is 84.9 Å². The van der Waals surface area contributed by atoms with Crippen molar-refractivity contribution in [3.63, 3.8) is 0 Å². The summed E-state index contributed by atoms with van der Waals surface area (Å²) in [6.45, 7) is 1.86. The van der Waals surface area contributed by atoms with E-state index in [9.17, 15) is 8.42 Å². The Morgan fingerprint density at radius 3 is 2.23 bits per heavy atom. The Kier molecular flexibility index (Phi) is 2.62. The first kappa shape index (κ1) is 9.66. The van der Waals surface area contributed by atoms with Crippen LogP contribution in [-0.4, -0.2) is 8.42 Å². The highest BCUT2D eigenvalue weighted by atomic mass is 32.2. The van der Waals surface area contributed by atoms with Gasteiger partial charge in [0.15, 0.2) is 0 Å². The molecule has 0 unspecified atom stereocenters. The lowest BCUT2D eigenvalue weighted by Gasteiger charge is -1.96. The van der Waals surface area contributed by atoms with E-state index in [4.69, 9.17) is 0 Å². The molecule has 1 aromatic rings. The highest BCUT2D eigenvalue weighted by molar-refractivity contribution is 7.90. The number of benzene rings is 1. The van der Waals surface area contributed by atoms with Gasteiger partial charge in [0.1, 0.15) is 0 Å². The van der Waals surface area contributed by atoms with E-state index in [1.807, 2.05) is 6.92 Å². The molecular formula is C7H9N3O2S. The Hall–Kier alpha value is -1.43. The summed E-state index contributed by atoms with van der Waals surface area (Å²) < 4.78 is 25.3. The molecule has 2 N–H and O–H groups in total. The summed E-state index contributed by atoms with van der Waals surface area (Å²) in [5.74, 6) is 4.66. The van der Waals surface area contributed by atoms with Gasteiger partial charge in [0.2, 0.25) is 0 Å². The van der Waals surface area contributed by atoms with Crippen molar-refractivity contribution in [3.8, 4) is 0 Å². The molecule has 0 saturated carbocycles. The zero-order chi connectivity index (χ0) is 9.90. The molecule has 1 aromatic carbocycles. The van der Waals surface area contributed by atoms with Gasteiger partial charge < -0.3 is 5.84 Å². The van der Waals surface area contributed by atoms with Gasteiger partial charge in [0, 0.05) is 0 Å². The van der Waals surface area contributed by atoms with Crippen molar-refractivity contribution < 1.29 is 8.42 Å². The zero-order valence-corrected chi connectivity index (χ0v) is 7.82. The summed E-state index contributed by atoms with van der Waals surface area (Å²) >= 11 is 0. The Morgan fingerprint density at radius 2 is 1.77 bits per heavy atom. The number of nitrogens with two attached hydrogens (primary N) is 1. The maximum atomic E-state index is 11.2. The van der Waals surface area contributed by atoms with Crippen LogP contribution in [0.1, 0.15) is 5.56 Å². The lowest BCUT2D eigenvalue weighted by molar-refractivity contribution is 0.594. The van der Waals surface area contributed by atoms with Crippen molar-refractivity contribution in [3.05, 3.63) is 29.8 Å². The summed E-state index contributed by atoms with van der Waals surface area (Å²) in [7, 11) is -3.69. The lowest BCUT2D eigenvalue weighted by Crippen LogP contribution is -1.96. The van der Waals surface area contributed by atoms with E-state index < -0.39 is 10.0 Å². The summed E-state index contributed by atoms with van der Waals surface area (Å²) in [5, 5.41) is 2.74. The Morgan fingerprint density at radius 1 is 1.23 bits per heavy atom. The third-order valence-electron chi connectivity index (χ3n) is 1.47. The minimum absolute atomic E-state index is 0.0901. The number of aryl methyl sites for hydroxylation is 1. The molecule has 0 radical (unpaired) electrons. The van der Waals surface area contributed by atoms with Crippen LogP contribution in [0.15, 0.2) is 38.9 Å². The van der Waals surface area contributed by atoms with Gasteiger partial charge in [-0.2, -0.15) is 8.42 Å². The van der Waals surface area contributed by atoms with Crippen LogP contribution in [0.4, 0.5) is 0 Å². The maximum Gasteiger partial charge on any atom is 0.301 e. The molecule has 13 heavy (non-hydrogen) atoms. The fraction of sp³-hybridized carbons (Fsp3) is 0.143. The van der Waals surface area contributed by atoms with E-state index in [-0.39, 0.29) is 4.90 Å². The molecule has 0 heterocycles. The van der Waals surface area contributed by atoms with Crippen LogP contribution in [0.5, 0.6) is 0 Å². The van der Waals surface area contributed by atoms with Crippen LogP contribution in [0.3, 0.4) is 0 Å². The Labute approximate surface area is 76.3 Å². The van der Waals surface area contributed by atoms with E-state index in [0.717, 1.165) is 5.56 Å². The van der Waals surface area contributed by atoms with Gasteiger partial charge in [-0.3, -0.25) is 0 Å². The highest BCUT2D eigenvalue weighted by Gasteiger charge is 2.11. The van der Waals surface area contributed by atoms with Crippen LogP contribution in [0.25, 0.3) is 0 Å². The predicted octanol–water partition coefficient (Wildman–Crippen LogP) is 1.01.